The molecule has 4 nitrogen and oxygen atoms in total. The third kappa shape index (κ3) is 3.46. The van der Waals surface area contributed by atoms with Gasteiger partial charge in [-0.15, -0.1) is 0 Å². The molecule has 2 N–H and O–H groups in total. The fourth-order valence-electron chi connectivity index (χ4n) is 1.47. The molecule has 0 heterocycles. The van der Waals surface area contributed by atoms with E-state index < -0.39 is 11.5 Å². The van der Waals surface area contributed by atoms with E-state index in [1.54, 1.807) is 6.92 Å². The number of carboxylic acids is 1. The SMILES string of the molecule is CCOCC(C)(Nc1ccccc1C)C(=O)O. The van der Waals surface area contributed by atoms with Gasteiger partial charge in [0.15, 0.2) is 5.54 Å². The highest BCUT2D eigenvalue weighted by atomic mass is 16.5. The van der Waals surface area contributed by atoms with Gasteiger partial charge in [-0.2, -0.15) is 0 Å². The van der Waals surface area contributed by atoms with Gasteiger partial charge in [0.05, 0.1) is 6.61 Å². The molecule has 0 aliphatic heterocycles. The summed E-state index contributed by atoms with van der Waals surface area (Å²) in [6.45, 7) is 6.03. The van der Waals surface area contributed by atoms with E-state index in [2.05, 4.69) is 5.32 Å². The topological polar surface area (TPSA) is 58.6 Å². The Labute approximate surface area is 102 Å². The molecular formula is C13H19NO3. The summed E-state index contributed by atoms with van der Waals surface area (Å²) in [5, 5.41) is 12.3. The lowest BCUT2D eigenvalue weighted by molar-refractivity contribution is -0.143. The molecule has 0 radical (unpaired) electrons. The normalized spacial score (nSPS) is 14.1. The fourth-order valence-corrected chi connectivity index (χ4v) is 1.47. The number of carboxylic acid groups (broad SMARTS) is 1. The molecular weight excluding hydrogens is 218 g/mol. The first-order valence-corrected chi connectivity index (χ1v) is 5.64. The van der Waals surface area contributed by atoms with E-state index in [-0.39, 0.29) is 6.61 Å². The summed E-state index contributed by atoms with van der Waals surface area (Å²) in [5.41, 5.74) is 0.718. The zero-order valence-corrected chi connectivity index (χ0v) is 10.5. The molecule has 1 aromatic carbocycles. The molecule has 0 aliphatic carbocycles. The second-order valence-electron chi connectivity index (χ2n) is 4.21. The Morgan fingerprint density at radius 3 is 2.65 bits per heavy atom. The van der Waals surface area contributed by atoms with Gasteiger partial charge in [0.1, 0.15) is 0 Å². The fraction of sp³-hybridized carbons (Fsp3) is 0.462. The average Bonchev–Trinajstić information content (AvgIpc) is 2.29. The van der Waals surface area contributed by atoms with Crippen molar-refractivity contribution in [3.05, 3.63) is 29.8 Å². The minimum absolute atomic E-state index is 0.132. The van der Waals surface area contributed by atoms with Crippen LogP contribution in [-0.4, -0.2) is 29.8 Å². The van der Waals surface area contributed by atoms with Gasteiger partial charge in [-0.3, -0.25) is 0 Å². The summed E-state index contributed by atoms with van der Waals surface area (Å²) in [6.07, 6.45) is 0. The molecule has 1 unspecified atom stereocenters. The lowest BCUT2D eigenvalue weighted by atomic mass is 10.0. The number of para-hydroxylation sites is 1. The first kappa shape index (κ1) is 13.5. The van der Waals surface area contributed by atoms with Gasteiger partial charge in [-0.1, -0.05) is 18.2 Å². The minimum Gasteiger partial charge on any atom is -0.479 e. The smallest absolute Gasteiger partial charge is 0.331 e. The zero-order valence-electron chi connectivity index (χ0n) is 10.5. The standard InChI is InChI=1S/C13H19NO3/c1-4-17-9-13(3,12(15)16)14-11-8-6-5-7-10(11)2/h5-8,14H,4,9H2,1-3H3,(H,15,16). The maximum absolute atomic E-state index is 11.3. The van der Waals surface area contributed by atoms with Crippen LogP contribution >= 0.6 is 0 Å². The van der Waals surface area contributed by atoms with Gasteiger partial charge in [0.2, 0.25) is 0 Å². The summed E-state index contributed by atoms with van der Waals surface area (Å²) in [5.74, 6) is -0.922. The van der Waals surface area contributed by atoms with E-state index >= 15 is 0 Å². The Kier molecular flexibility index (Phi) is 4.52. The lowest BCUT2D eigenvalue weighted by Gasteiger charge is -2.27. The number of carbonyl (C=O) groups is 1. The Morgan fingerprint density at radius 2 is 2.12 bits per heavy atom. The Balaban J connectivity index is 2.87. The molecule has 0 spiro atoms. The molecule has 1 atom stereocenters. The molecule has 0 aromatic heterocycles. The monoisotopic (exact) mass is 237 g/mol. The van der Waals surface area contributed by atoms with Crippen molar-refractivity contribution in [2.75, 3.05) is 18.5 Å². The quantitative estimate of drug-likeness (QED) is 0.797. The molecule has 0 saturated carbocycles. The maximum Gasteiger partial charge on any atom is 0.331 e. The van der Waals surface area contributed by atoms with Gasteiger partial charge in [-0.25, -0.2) is 4.79 Å². The molecule has 17 heavy (non-hydrogen) atoms. The Hall–Kier alpha value is -1.55. The van der Waals surface area contributed by atoms with Crippen LogP contribution < -0.4 is 5.32 Å². The Morgan fingerprint density at radius 1 is 1.47 bits per heavy atom. The van der Waals surface area contributed by atoms with Crippen LogP contribution in [0.1, 0.15) is 19.4 Å². The van der Waals surface area contributed by atoms with E-state index in [0.29, 0.717) is 6.61 Å². The number of nitrogens with one attached hydrogen (secondary N) is 1. The summed E-state index contributed by atoms with van der Waals surface area (Å²) < 4.78 is 5.23. The molecule has 0 aliphatic rings. The average molecular weight is 237 g/mol. The number of anilines is 1. The van der Waals surface area contributed by atoms with E-state index in [1.807, 2.05) is 38.1 Å². The second-order valence-corrected chi connectivity index (χ2v) is 4.21. The summed E-state index contributed by atoms with van der Waals surface area (Å²) in [4.78, 5) is 11.3. The molecule has 0 fully saturated rings. The highest BCUT2D eigenvalue weighted by molar-refractivity contribution is 5.82. The third-order valence-corrected chi connectivity index (χ3v) is 2.62. The summed E-state index contributed by atoms with van der Waals surface area (Å²) in [6, 6.07) is 7.59. The largest absolute Gasteiger partial charge is 0.479 e. The zero-order chi connectivity index (χ0) is 12.9. The lowest BCUT2D eigenvalue weighted by Crippen LogP contribution is -2.47. The first-order valence-electron chi connectivity index (χ1n) is 5.64. The van der Waals surface area contributed by atoms with Crippen LogP contribution in [0.5, 0.6) is 0 Å². The van der Waals surface area contributed by atoms with Crippen LogP contribution in [-0.2, 0) is 9.53 Å². The molecule has 0 saturated heterocycles. The molecule has 1 aromatic rings. The van der Waals surface area contributed by atoms with E-state index in [1.165, 1.54) is 0 Å². The number of rotatable bonds is 6. The maximum atomic E-state index is 11.3. The number of aliphatic carboxylic acids is 1. The van der Waals surface area contributed by atoms with Gasteiger partial charge in [-0.05, 0) is 32.4 Å². The van der Waals surface area contributed by atoms with Crippen molar-refractivity contribution >= 4 is 11.7 Å². The number of benzene rings is 1. The van der Waals surface area contributed by atoms with Crippen molar-refractivity contribution in [2.45, 2.75) is 26.3 Å². The number of ether oxygens (including phenoxy) is 1. The van der Waals surface area contributed by atoms with E-state index in [4.69, 9.17) is 4.74 Å². The predicted molar refractivity (Wildman–Crippen MR) is 67.3 cm³/mol. The van der Waals surface area contributed by atoms with Crippen LogP contribution in [0.25, 0.3) is 0 Å². The number of aryl methyl sites for hydroxylation is 1. The molecule has 0 amide bonds. The molecule has 1 rings (SSSR count). The van der Waals surface area contributed by atoms with Gasteiger partial charge < -0.3 is 15.2 Å². The van der Waals surface area contributed by atoms with Crippen LogP contribution in [0, 0.1) is 6.92 Å². The minimum atomic E-state index is -1.11. The summed E-state index contributed by atoms with van der Waals surface area (Å²) >= 11 is 0. The van der Waals surface area contributed by atoms with Crippen molar-refractivity contribution in [1.82, 2.24) is 0 Å². The van der Waals surface area contributed by atoms with Crippen LogP contribution in [0.15, 0.2) is 24.3 Å². The van der Waals surface area contributed by atoms with Crippen molar-refractivity contribution in [3.8, 4) is 0 Å². The van der Waals surface area contributed by atoms with E-state index in [0.717, 1.165) is 11.3 Å². The molecule has 94 valence electrons. The first-order chi connectivity index (χ1) is 7.99. The van der Waals surface area contributed by atoms with Crippen LogP contribution in [0.3, 0.4) is 0 Å². The predicted octanol–water partition coefficient (Wildman–Crippen LogP) is 2.29. The number of hydrogen-bond donors (Lipinski definition) is 2. The molecule has 4 heteroatoms. The van der Waals surface area contributed by atoms with Crippen molar-refractivity contribution in [3.63, 3.8) is 0 Å². The number of hydrogen-bond acceptors (Lipinski definition) is 3. The Bertz CT molecular complexity index is 392. The highest BCUT2D eigenvalue weighted by Crippen LogP contribution is 2.20. The summed E-state index contributed by atoms with van der Waals surface area (Å²) in [7, 11) is 0. The van der Waals surface area contributed by atoms with E-state index in [9.17, 15) is 9.90 Å². The van der Waals surface area contributed by atoms with Gasteiger partial charge in [0.25, 0.3) is 0 Å². The van der Waals surface area contributed by atoms with Crippen molar-refractivity contribution < 1.29 is 14.6 Å². The van der Waals surface area contributed by atoms with Crippen molar-refractivity contribution in [2.24, 2.45) is 0 Å². The van der Waals surface area contributed by atoms with Gasteiger partial charge >= 0.3 is 5.97 Å². The highest BCUT2D eigenvalue weighted by Gasteiger charge is 2.33. The third-order valence-electron chi connectivity index (χ3n) is 2.62. The second kappa shape index (κ2) is 5.68. The molecule has 0 bridgehead atoms. The van der Waals surface area contributed by atoms with Crippen molar-refractivity contribution in [1.29, 1.82) is 0 Å². The van der Waals surface area contributed by atoms with Crippen LogP contribution in [0.4, 0.5) is 5.69 Å². The van der Waals surface area contributed by atoms with Gasteiger partial charge in [0, 0.05) is 12.3 Å². The van der Waals surface area contributed by atoms with Crippen LogP contribution in [0.2, 0.25) is 0 Å².